The number of carboxylic acid groups (broad SMARTS) is 1. The van der Waals surface area contributed by atoms with Gasteiger partial charge in [-0.1, -0.05) is 27.5 Å². The Morgan fingerprint density at radius 3 is 2.57 bits per heavy atom. The van der Waals surface area contributed by atoms with Crippen LogP contribution in [0.15, 0.2) is 16.6 Å². The minimum Gasteiger partial charge on any atom is -0.479 e. The van der Waals surface area contributed by atoms with Crippen LogP contribution in [0.3, 0.4) is 0 Å². The summed E-state index contributed by atoms with van der Waals surface area (Å²) in [5.74, 6) is -1.31. The zero-order valence-electron chi connectivity index (χ0n) is 7.29. The molecule has 14 heavy (non-hydrogen) atoms. The van der Waals surface area contributed by atoms with Gasteiger partial charge in [0.2, 0.25) is 0 Å². The van der Waals surface area contributed by atoms with Gasteiger partial charge in [-0.2, -0.15) is 0 Å². The molecule has 0 saturated heterocycles. The topological polar surface area (TPSA) is 57.5 Å². The van der Waals surface area contributed by atoms with E-state index in [0.29, 0.717) is 5.56 Å². The summed E-state index contributed by atoms with van der Waals surface area (Å²) in [5.41, 5.74) is 0.877. The van der Waals surface area contributed by atoms with Gasteiger partial charge in [-0.25, -0.2) is 4.79 Å². The van der Waals surface area contributed by atoms with Crippen LogP contribution in [0.4, 0.5) is 0 Å². The molecule has 1 rings (SSSR count). The first-order valence-electron chi connectivity index (χ1n) is 3.80. The fourth-order valence-electron chi connectivity index (χ4n) is 1.18. The molecule has 76 valence electrons. The summed E-state index contributed by atoms with van der Waals surface area (Å²) in [6.07, 6.45) is -1.57. The third-order valence-electron chi connectivity index (χ3n) is 1.81. The summed E-state index contributed by atoms with van der Waals surface area (Å²) < 4.78 is 0.751. The Labute approximate surface area is 94.4 Å². The second kappa shape index (κ2) is 4.29. The lowest BCUT2D eigenvalue weighted by atomic mass is 10.0. The van der Waals surface area contributed by atoms with Crippen LogP contribution in [0.5, 0.6) is 0 Å². The van der Waals surface area contributed by atoms with Gasteiger partial charge in [0, 0.05) is 15.1 Å². The summed E-state index contributed by atoms with van der Waals surface area (Å²) >= 11 is 9.04. The second-order valence-electron chi connectivity index (χ2n) is 2.86. The van der Waals surface area contributed by atoms with Crippen molar-refractivity contribution in [2.45, 2.75) is 13.0 Å². The summed E-state index contributed by atoms with van der Waals surface area (Å²) in [7, 11) is 0. The molecule has 1 unspecified atom stereocenters. The first-order valence-corrected chi connectivity index (χ1v) is 4.97. The van der Waals surface area contributed by atoms with Gasteiger partial charge in [0.15, 0.2) is 6.10 Å². The molecule has 0 fully saturated rings. The van der Waals surface area contributed by atoms with Gasteiger partial charge < -0.3 is 10.2 Å². The van der Waals surface area contributed by atoms with Crippen molar-refractivity contribution in [1.82, 2.24) is 0 Å². The molecular formula is C9H8BrClO3. The predicted molar refractivity (Wildman–Crippen MR) is 56.5 cm³/mol. The minimum absolute atomic E-state index is 0.238. The first-order chi connectivity index (χ1) is 6.43. The highest BCUT2D eigenvalue weighted by Crippen LogP contribution is 2.30. The third kappa shape index (κ3) is 2.26. The fraction of sp³-hybridized carbons (Fsp3) is 0.222. The van der Waals surface area contributed by atoms with Crippen LogP contribution < -0.4 is 0 Å². The largest absolute Gasteiger partial charge is 0.479 e. The molecule has 0 bridgehead atoms. The highest BCUT2D eigenvalue weighted by molar-refractivity contribution is 9.10. The zero-order valence-corrected chi connectivity index (χ0v) is 9.63. The van der Waals surface area contributed by atoms with Gasteiger partial charge in [-0.15, -0.1) is 0 Å². The van der Waals surface area contributed by atoms with Gasteiger partial charge in [0.25, 0.3) is 0 Å². The Bertz CT molecular complexity index is 355. The molecule has 0 aliphatic rings. The van der Waals surface area contributed by atoms with Crippen molar-refractivity contribution in [1.29, 1.82) is 0 Å². The summed E-state index contributed by atoms with van der Waals surface area (Å²) in [6.45, 7) is 1.69. The number of hydrogen-bond donors (Lipinski definition) is 2. The monoisotopic (exact) mass is 278 g/mol. The molecule has 1 aromatic carbocycles. The molecule has 0 aliphatic heterocycles. The molecular weight excluding hydrogens is 271 g/mol. The number of carbonyl (C=O) groups is 1. The van der Waals surface area contributed by atoms with Crippen LogP contribution >= 0.6 is 27.5 Å². The number of hydrogen-bond acceptors (Lipinski definition) is 2. The normalized spacial score (nSPS) is 12.6. The van der Waals surface area contributed by atoms with Crippen molar-refractivity contribution in [3.8, 4) is 0 Å². The Hall–Kier alpha value is -0.580. The molecule has 0 saturated carbocycles. The first kappa shape index (κ1) is 11.5. The van der Waals surface area contributed by atoms with Crippen LogP contribution in [0.25, 0.3) is 0 Å². The van der Waals surface area contributed by atoms with Crippen LogP contribution in [-0.4, -0.2) is 16.2 Å². The molecule has 0 spiro atoms. The average Bonchev–Trinajstić information content (AvgIpc) is 2.01. The summed E-state index contributed by atoms with van der Waals surface area (Å²) in [5, 5.41) is 18.2. The molecule has 1 aromatic rings. The van der Waals surface area contributed by atoms with Crippen LogP contribution in [0.2, 0.25) is 5.02 Å². The lowest BCUT2D eigenvalue weighted by Gasteiger charge is -2.11. The Balaban J connectivity index is 3.27. The molecule has 0 amide bonds. The third-order valence-corrected chi connectivity index (χ3v) is 2.58. The van der Waals surface area contributed by atoms with Crippen molar-refractivity contribution in [3.05, 3.63) is 32.8 Å². The van der Waals surface area contributed by atoms with E-state index in [2.05, 4.69) is 15.9 Å². The minimum atomic E-state index is -1.57. The maximum atomic E-state index is 10.6. The predicted octanol–water partition coefficient (Wildman–Crippen LogP) is 2.53. The average molecular weight is 280 g/mol. The van der Waals surface area contributed by atoms with E-state index in [4.69, 9.17) is 16.7 Å². The summed E-state index contributed by atoms with van der Waals surface area (Å²) in [6, 6.07) is 3.25. The standard InChI is InChI=1S/C9H8BrClO3/c1-4-2-5(10)3-6(11)7(4)8(12)9(13)14/h2-3,8,12H,1H3,(H,13,14). The van der Waals surface area contributed by atoms with Gasteiger partial charge in [0.05, 0.1) is 0 Å². The number of aliphatic hydroxyl groups is 1. The van der Waals surface area contributed by atoms with E-state index in [1.807, 2.05) is 0 Å². The second-order valence-corrected chi connectivity index (χ2v) is 4.18. The number of aliphatic hydroxyl groups excluding tert-OH is 1. The molecule has 0 heterocycles. The lowest BCUT2D eigenvalue weighted by Crippen LogP contribution is -2.12. The highest BCUT2D eigenvalue weighted by Gasteiger charge is 2.21. The SMILES string of the molecule is Cc1cc(Br)cc(Cl)c1C(O)C(=O)O. The van der Waals surface area contributed by atoms with E-state index in [1.54, 1.807) is 19.1 Å². The van der Waals surface area contributed by atoms with E-state index in [-0.39, 0.29) is 10.6 Å². The van der Waals surface area contributed by atoms with Crippen molar-refractivity contribution in [2.75, 3.05) is 0 Å². The Morgan fingerprint density at radius 1 is 1.57 bits per heavy atom. The van der Waals surface area contributed by atoms with E-state index >= 15 is 0 Å². The van der Waals surface area contributed by atoms with E-state index in [0.717, 1.165) is 4.47 Å². The van der Waals surface area contributed by atoms with Gasteiger partial charge >= 0.3 is 5.97 Å². The smallest absolute Gasteiger partial charge is 0.337 e. The fourth-order valence-corrected chi connectivity index (χ4v) is 2.26. The maximum Gasteiger partial charge on any atom is 0.337 e. The van der Waals surface area contributed by atoms with E-state index in [9.17, 15) is 9.90 Å². The Morgan fingerprint density at radius 2 is 2.14 bits per heavy atom. The van der Waals surface area contributed by atoms with Gasteiger partial charge in [0.1, 0.15) is 0 Å². The van der Waals surface area contributed by atoms with Crippen LogP contribution in [0, 0.1) is 6.92 Å². The van der Waals surface area contributed by atoms with Crippen molar-refractivity contribution >= 4 is 33.5 Å². The quantitative estimate of drug-likeness (QED) is 0.874. The molecule has 0 aliphatic carbocycles. The van der Waals surface area contributed by atoms with Crippen LogP contribution in [-0.2, 0) is 4.79 Å². The Kier molecular flexibility index (Phi) is 3.53. The molecule has 3 nitrogen and oxygen atoms in total. The van der Waals surface area contributed by atoms with Crippen molar-refractivity contribution in [2.24, 2.45) is 0 Å². The van der Waals surface area contributed by atoms with E-state index < -0.39 is 12.1 Å². The molecule has 0 aromatic heterocycles. The summed E-state index contributed by atoms with van der Waals surface area (Å²) in [4.78, 5) is 10.6. The van der Waals surface area contributed by atoms with Crippen molar-refractivity contribution < 1.29 is 15.0 Å². The zero-order chi connectivity index (χ0) is 10.9. The highest BCUT2D eigenvalue weighted by atomic mass is 79.9. The number of halogens is 2. The number of benzene rings is 1. The van der Waals surface area contributed by atoms with Crippen LogP contribution in [0.1, 0.15) is 17.2 Å². The maximum absolute atomic E-state index is 10.6. The molecule has 1 atom stereocenters. The number of aryl methyl sites for hydroxylation is 1. The molecule has 2 N–H and O–H groups in total. The number of carboxylic acids is 1. The number of rotatable bonds is 2. The molecule has 0 radical (unpaired) electrons. The lowest BCUT2D eigenvalue weighted by molar-refractivity contribution is -0.147. The van der Waals surface area contributed by atoms with E-state index in [1.165, 1.54) is 0 Å². The van der Waals surface area contributed by atoms with Gasteiger partial charge in [-0.3, -0.25) is 0 Å². The number of aliphatic carboxylic acids is 1. The van der Waals surface area contributed by atoms with Gasteiger partial charge in [-0.05, 0) is 24.6 Å². The van der Waals surface area contributed by atoms with Crippen molar-refractivity contribution in [3.63, 3.8) is 0 Å². The molecule has 5 heteroatoms.